The molecule has 29 heavy (non-hydrogen) atoms. The lowest BCUT2D eigenvalue weighted by atomic mass is 10.1. The minimum absolute atomic E-state index is 0.190. The van der Waals surface area contributed by atoms with Crippen LogP contribution in [0.5, 0.6) is 0 Å². The van der Waals surface area contributed by atoms with Gasteiger partial charge < -0.3 is 10.6 Å². The molecule has 0 bridgehead atoms. The van der Waals surface area contributed by atoms with Gasteiger partial charge in [0.05, 0.1) is 23.2 Å². The minimum atomic E-state index is -3.46. The topological polar surface area (TPSA) is 100 Å². The molecule has 3 N–H and O–H groups in total. The first-order valence-electron chi connectivity index (χ1n) is 8.59. The van der Waals surface area contributed by atoms with Gasteiger partial charge >= 0.3 is 0 Å². The third-order valence-corrected chi connectivity index (χ3v) is 4.56. The Balaban J connectivity index is 1.85. The summed E-state index contributed by atoms with van der Waals surface area (Å²) in [5, 5.41) is 5.53. The number of nitrogens with one attached hydrogen (secondary N) is 3. The Morgan fingerprint density at radius 2 is 1.79 bits per heavy atom. The van der Waals surface area contributed by atoms with Crippen molar-refractivity contribution < 1.29 is 17.6 Å². The smallest absolute Gasteiger partial charge is 0.259 e. The number of para-hydroxylation sites is 1. The summed E-state index contributed by atoms with van der Waals surface area (Å²) < 4.78 is 39.3. The van der Waals surface area contributed by atoms with E-state index >= 15 is 0 Å². The van der Waals surface area contributed by atoms with Gasteiger partial charge in [0.1, 0.15) is 11.6 Å². The predicted octanol–water partition coefficient (Wildman–Crippen LogP) is 3.90. The zero-order valence-electron chi connectivity index (χ0n) is 15.7. The molecule has 9 heteroatoms. The lowest BCUT2D eigenvalue weighted by Crippen LogP contribution is -2.16. The van der Waals surface area contributed by atoms with E-state index in [0.29, 0.717) is 16.9 Å². The van der Waals surface area contributed by atoms with E-state index in [4.69, 9.17) is 0 Å². The van der Waals surface area contributed by atoms with Gasteiger partial charge in [0.15, 0.2) is 0 Å². The molecule has 1 amide bonds. The fourth-order valence-corrected chi connectivity index (χ4v) is 3.21. The Bertz CT molecular complexity index is 1170. The summed E-state index contributed by atoms with van der Waals surface area (Å²) in [6.07, 6.45) is 2.54. The number of halogens is 1. The SMILES string of the molecule is Cc1ccc(NC(=O)c2cccnc2Nc2ccccc2F)cc1NS(C)(=O)=O. The molecule has 0 saturated carbocycles. The molecule has 7 nitrogen and oxygen atoms in total. The van der Waals surface area contributed by atoms with Crippen LogP contribution >= 0.6 is 0 Å². The first-order chi connectivity index (χ1) is 13.7. The second-order valence-electron chi connectivity index (χ2n) is 6.36. The van der Waals surface area contributed by atoms with Crippen LogP contribution in [0, 0.1) is 12.7 Å². The van der Waals surface area contributed by atoms with Gasteiger partial charge in [-0.3, -0.25) is 9.52 Å². The molecule has 3 aromatic rings. The van der Waals surface area contributed by atoms with Crippen LogP contribution in [0.1, 0.15) is 15.9 Å². The van der Waals surface area contributed by atoms with Crippen LogP contribution in [0.4, 0.5) is 27.3 Å². The summed E-state index contributed by atoms with van der Waals surface area (Å²) in [7, 11) is -3.46. The van der Waals surface area contributed by atoms with E-state index in [-0.39, 0.29) is 17.1 Å². The number of hydrogen-bond acceptors (Lipinski definition) is 5. The van der Waals surface area contributed by atoms with Gasteiger partial charge in [-0.05, 0) is 48.9 Å². The van der Waals surface area contributed by atoms with Crippen molar-refractivity contribution in [3.05, 3.63) is 77.7 Å². The van der Waals surface area contributed by atoms with E-state index < -0.39 is 21.7 Å². The summed E-state index contributed by atoms with van der Waals surface area (Å²) >= 11 is 0. The molecular weight excluding hydrogens is 395 g/mol. The van der Waals surface area contributed by atoms with Crippen LogP contribution in [0.2, 0.25) is 0 Å². The third kappa shape index (κ3) is 5.29. The number of sulfonamides is 1. The van der Waals surface area contributed by atoms with Crippen molar-refractivity contribution in [2.75, 3.05) is 21.6 Å². The van der Waals surface area contributed by atoms with Crippen LogP contribution in [0.3, 0.4) is 0 Å². The van der Waals surface area contributed by atoms with Crippen molar-refractivity contribution in [2.45, 2.75) is 6.92 Å². The second-order valence-corrected chi connectivity index (χ2v) is 8.11. The van der Waals surface area contributed by atoms with Gasteiger partial charge in [-0.25, -0.2) is 17.8 Å². The van der Waals surface area contributed by atoms with Crippen molar-refractivity contribution in [3.63, 3.8) is 0 Å². The number of pyridine rings is 1. The molecule has 0 unspecified atom stereocenters. The number of aryl methyl sites for hydroxylation is 1. The molecule has 2 aromatic carbocycles. The highest BCUT2D eigenvalue weighted by atomic mass is 32.2. The van der Waals surface area contributed by atoms with Crippen LogP contribution < -0.4 is 15.4 Å². The number of benzene rings is 2. The lowest BCUT2D eigenvalue weighted by Gasteiger charge is -2.13. The van der Waals surface area contributed by atoms with E-state index in [1.54, 1.807) is 43.3 Å². The maximum atomic E-state index is 13.9. The largest absolute Gasteiger partial charge is 0.337 e. The van der Waals surface area contributed by atoms with Crippen LogP contribution in [0.25, 0.3) is 0 Å². The van der Waals surface area contributed by atoms with Gasteiger partial charge in [0.2, 0.25) is 10.0 Å². The van der Waals surface area contributed by atoms with Crippen molar-refractivity contribution in [1.82, 2.24) is 4.98 Å². The van der Waals surface area contributed by atoms with Crippen LogP contribution in [-0.2, 0) is 10.0 Å². The fraction of sp³-hybridized carbons (Fsp3) is 0.100. The van der Waals surface area contributed by atoms with Crippen molar-refractivity contribution in [3.8, 4) is 0 Å². The Morgan fingerprint density at radius 1 is 1.03 bits per heavy atom. The number of aromatic nitrogens is 1. The molecule has 1 heterocycles. The number of anilines is 4. The molecule has 0 fully saturated rings. The van der Waals surface area contributed by atoms with Gasteiger partial charge in [0, 0.05) is 11.9 Å². The number of nitrogens with zero attached hydrogens (tertiary/aromatic N) is 1. The zero-order valence-corrected chi connectivity index (χ0v) is 16.5. The molecule has 0 spiro atoms. The predicted molar refractivity (Wildman–Crippen MR) is 112 cm³/mol. The van der Waals surface area contributed by atoms with Gasteiger partial charge in [-0.1, -0.05) is 18.2 Å². The molecule has 0 atom stereocenters. The zero-order chi connectivity index (χ0) is 21.0. The lowest BCUT2D eigenvalue weighted by molar-refractivity contribution is 0.102. The monoisotopic (exact) mass is 414 g/mol. The molecule has 1 aromatic heterocycles. The first kappa shape index (κ1) is 20.3. The van der Waals surface area contributed by atoms with Crippen molar-refractivity contribution >= 4 is 38.8 Å². The van der Waals surface area contributed by atoms with Gasteiger partial charge in [-0.15, -0.1) is 0 Å². The molecule has 0 aliphatic rings. The van der Waals surface area contributed by atoms with Gasteiger partial charge in [-0.2, -0.15) is 0 Å². The summed E-state index contributed by atoms with van der Waals surface area (Å²) in [4.78, 5) is 16.9. The molecular formula is C20H19FN4O3S. The second kappa shape index (κ2) is 8.27. The molecule has 150 valence electrons. The molecule has 0 radical (unpaired) electrons. The molecule has 0 saturated heterocycles. The number of carbonyl (C=O) groups is 1. The quantitative estimate of drug-likeness (QED) is 0.568. The Morgan fingerprint density at radius 3 is 2.52 bits per heavy atom. The number of rotatable bonds is 6. The minimum Gasteiger partial charge on any atom is -0.337 e. The highest BCUT2D eigenvalue weighted by molar-refractivity contribution is 7.92. The van der Waals surface area contributed by atoms with Crippen LogP contribution in [-0.4, -0.2) is 25.6 Å². The summed E-state index contributed by atoms with van der Waals surface area (Å²) in [6.45, 7) is 1.75. The third-order valence-electron chi connectivity index (χ3n) is 3.97. The number of amides is 1. The Labute approximate surface area is 168 Å². The van der Waals surface area contributed by atoms with Crippen molar-refractivity contribution in [1.29, 1.82) is 0 Å². The number of carbonyl (C=O) groups excluding carboxylic acids is 1. The summed E-state index contributed by atoms with van der Waals surface area (Å²) in [5.74, 6) is -0.762. The normalized spacial score (nSPS) is 11.0. The molecule has 0 aliphatic carbocycles. The van der Waals surface area contributed by atoms with Crippen LogP contribution in [0.15, 0.2) is 60.8 Å². The maximum absolute atomic E-state index is 13.9. The van der Waals surface area contributed by atoms with Crippen molar-refractivity contribution in [2.24, 2.45) is 0 Å². The van der Waals surface area contributed by atoms with E-state index in [1.165, 1.54) is 24.4 Å². The summed E-state index contributed by atoms with van der Waals surface area (Å²) in [6, 6.07) is 14.1. The maximum Gasteiger partial charge on any atom is 0.259 e. The van der Waals surface area contributed by atoms with E-state index in [0.717, 1.165) is 6.26 Å². The number of hydrogen-bond donors (Lipinski definition) is 3. The average Bonchev–Trinajstić information content (AvgIpc) is 2.65. The Kier molecular flexibility index (Phi) is 5.79. The van der Waals surface area contributed by atoms with E-state index in [2.05, 4.69) is 20.3 Å². The van der Waals surface area contributed by atoms with E-state index in [1.807, 2.05) is 0 Å². The first-order valence-corrected chi connectivity index (χ1v) is 10.5. The molecule has 0 aliphatic heterocycles. The standard InChI is InChI=1S/C20H19FN4O3S/c1-13-9-10-14(12-18(13)25-29(2,27)28)23-20(26)15-6-5-11-22-19(15)24-17-8-4-3-7-16(17)21/h3-12,25H,1-2H3,(H,22,24)(H,23,26). The Hall–Kier alpha value is -3.46. The summed E-state index contributed by atoms with van der Waals surface area (Å²) in [5.41, 5.74) is 1.86. The highest BCUT2D eigenvalue weighted by Gasteiger charge is 2.15. The molecule has 3 rings (SSSR count). The fourth-order valence-electron chi connectivity index (χ4n) is 2.59. The average molecular weight is 414 g/mol. The van der Waals surface area contributed by atoms with E-state index in [9.17, 15) is 17.6 Å². The highest BCUT2D eigenvalue weighted by Crippen LogP contribution is 2.24. The van der Waals surface area contributed by atoms with Gasteiger partial charge in [0.25, 0.3) is 5.91 Å².